The van der Waals surface area contributed by atoms with Crippen LogP contribution >= 0.6 is 0 Å². The second kappa shape index (κ2) is 11.0. The first kappa shape index (κ1) is 22.2. The molecule has 0 aliphatic heterocycles. The number of halogens is 3. The minimum atomic E-state index is -4.39. The lowest BCUT2D eigenvalue weighted by Gasteiger charge is -2.15. The van der Waals surface area contributed by atoms with Crippen molar-refractivity contribution in [2.24, 2.45) is 4.99 Å². The molecule has 0 saturated carbocycles. The van der Waals surface area contributed by atoms with Gasteiger partial charge in [-0.05, 0) is 30.3 Å². The summed E-state index contributed by atoms with van der Waals surface area (Å²) in [4.78, 5) is 4.09. The van der Waals surface area contributed by atoms with E-state index in [2.05, 4.69) is 15.6 Å². The van der Waals surface area contributed by atoms with Crippen molar-refractivity contribution in [3.63, 3.8) is 0 Å². The maximum Gasteiger partial charge on any atom is 0.422 e. The fraction of sp³-hybridized carbons (Fsp3) is 0.350. The Bertz CT molecular complexity index is 781. The zero-order valence-electron chi connectivity index (χ0n) is 16.3. The van der Waals surface area contributed by atoms with Crippen LogP contribution in [0.1, 0.15) is 5.56 Å². The Kier molecular flexibility index (Phi) is 8.45. The average Bonchev–Trinajstić information content (AvgIpc) is 2.72. The van der Waals surface area contributed by atoms with Gasteiger partial charge >= 0.3 is 6.18 Å². The van der Waals surface area contributed by atoms with E-state index in [1.807, 2.05) is 24.3 Å². The molecule has 0 aliphatic carbocycles. The van der Waals surface area contributed by atoms with Crippen LogP contribution < -0.4 is 24.8 Å². The predicted octanol–water partition coefficient (Wildman–Crippen LogP) is 3.38. The zero-order chi connectivity index (χ0) is 21.1. The molecule has 0 fully saturated rings. The normalized spacial score (nSPS) is 11.7. The van der Waals surface area contributed by atoms with Crippen molar-refractivity contribution in [3.8, 4) is 17.2 Å². The van der Waals surface area contributed by atoms with Gasteiger partial charge in [0.25, 0.3) is 0 Å². The third kappa shape index (κ3) is 8.20. The van der Waals surface area contributed by atoms with Crippen LogP contribution in [0.25, 0.3) is 0 Å². The predicted molar refractivity (Wildman–Crippen MR) is 105 cm³/mol. The van der Waals surface area contributed by atoms with Gasteiger partial charge < -0.3 is 24.8 Å². The van der Waals surface area contributed by atoms with E-state index in [1.54, 1.807) is 32.4 Å². The van der Waals surface area contributed by atoms with Crippen LogP contribution in [0.2, 0.25) is 0 Å². The molecule has 0 aromatic heterocycles. The lowest BCUT2D eigenvalue weighted by molar-refractivity contribution is -0.153. The molecule has 0 spiro atoms. The molecule has 0 radical (unpaired) electrons. The van der Waals surface area contributed by atoms with Crippen LogP contribution in [0, 0.1) is 0 Å². The van der Waals surface area contributed by atoms with Gasteiger partial charge in [0.05, 0.1) is 13.7 Å². The highest BCUT2D eigenvalue weighted by Gasteiger charge is 2.28. The molecule has 29 heavy (non-hydrogen) atoms. The first-order valence-corrected chi connectivity index (χ1v) is 8.90. The molecular formula is C20H24F3N3O3. The number of guanidine groups is 1. The zero-order valence-corrected chi connectivity index (χ0v) is 16.3. The Balaban J connectivity index is 1.77. The van der Waals surface area contributed by atoms with Gasteiger partial charge in [0, 0.05) is 19.2 Å². The molecule has 6 nitrogen and oxygen atoms in total. The fourth-order valence-corrected chi connectivity index (χ4v) is 2.36. The molecule has 2 N–H and O–H groups in total. The van der Waals surface area contributed by atoms with Crippen molar-refractivity contribution in [1.82, 2.24) is 10.6 Å². The van der Waals surface area contributed by atoms with Gasteiger partial charge in [-0.2, -0.15) is 13.2 Å². The highest BCUT2D eigenvalue weighted by atomic mass is 19.4. The molecule has 0 atom stereocenters. The summed E-state index contributed by atoms with van der Waals surface area (Å²) < 4.78 is 52.7. The summed E-state index contributed by atoms with van der Waals surface area (Å²) in [7, 11) is 3.20. The summed E-state index contributed by atoms with van der Waals surface area (Å²) in [5, 5.41) is 6.12. The van der Waals surface area contributed by atoms with E-state index in [0.717, 1.165) is 5.75 Å². The molecule has 9 heteroatoms. The lowest BCUT2D eigenvalue weighted by atomic mass is 10.2. The molecule has 0 aliphatic rings. The third-order valence-corrected chi connectivity index (χ3v) is 3.76. The first-order valence-electron chi connectivity index (χ1n) is 8.90. The third-order valence-electron chi connectivity index (χ3n) is 3.76. The molecule has 0 amide bonds. The number of alkyl halides is 3. The monoisotopic (exact) mass is 411 g/mol. The highest BCUT2D eigenvalue weighted by Crippen LogP contribution is 2.22. The Morgan fingerprint density at radius 1 is 0.966 bits per heavy atom. The number of nitrogens with one attached hydrogen (secondary N) is 2. The summed E-state index contributed by atoms with van der Waals surface area (Å²) in [6.07, 6.45) is -4.39. The standard InChI is InChI=1S/C20H24F3N3O3/c1-24-19(25-11-12-28-17-9-7-16(27-2)8-10-17)26-13-15-5-3-4-6-18(15)29-14-20(21,22)23/h3-10H,11-14H2,1-2H3,(H2,24,25,26). The van der Waals surface area contributed by atoms with E-state index in [9.17, 15) is 13.2 Å². The minimum absolute atomic E-state index is 0.176. The Hall–Kier alpha value is -3.10. The number of methoxy groups -OCH3 is 1. The SMILES string of the molecule is CN=C(NCCOc1ccc(OC)cc1)NCc1ccccc1OCC(F)(F)F. The fourth-order valence-electron chi connectivity index (χ4n) is 2.36. The molecule has 0 bridgehead atoms. The van der Waals surface area contributed by atoms with Crippen molar-refractivity contribution >= 4 is 5.96 Å². The summed E-state index contributed by atoms with van der Waals surface area (Å²) in [5.74, 6) is 2.13. The van der Waals surface area contributed by atoms with Gasteiger partial charge in [-0.1, -0.05) is 18.2 Å². The van der Waals surface area contributed by atoms with Crippen LogP contribution in [-0.2, 0) is 6.54 Å². The summed E-state index contributed by atoms with van der Waals surface area (Å²) >= 11 is 0. The van der Waals surface area contributed by atoms with Gasteiger partial charge in [-0.25, -0.2) is 0 Å². The van der Waals surface area contributed by atoms with Gasteiger partial charge in [-0.15, -0.1) is 0 Å². The van der Waals surface area contributed by atoms with Gasteiger partial charge in [0.2, 0.25) is 0 Å². The van der Waals surface area contributed by atoms with Crippen molar-refractivity contribution < 1.29 is 27.4 Å². The van der Waals surface area contributed by atoms with E-state index in [4.69, 9.17) is 14.2 Å². The number of hydrogen-bond acceptors (Lipinski definition) is 4. The van der Waals surface area contributed by atoms with Gasteiger partial charge in [-0.3, -0.25) is 4.99 Å². The average molecular weight is 411 g/mol. The lowest BCUT2D eigenvalue weighted by Crippen LogP contribution is -2.39. The Morgan fingerprint density at radius 2 is 1.66 bits per heavy atom. The highest BCUT2D eigenvalue weighted by molar-refractivity contribution is 5.79. The number of aliphatic imine (C=N–C) groups is 1. The number of para-hydroxylation sites is 1. The quantitative estimate of drug-likeness (QED) is 0.376. The number of ether oxygens (including phenoxy) is 3. The van der Waals surface area contributed by atoms with Crippen molar-refractivity contribution in [3.05, 3.63) is 54.1 Å². The number of rotatable bonds is 9. The number of nitrogens with zero attached hydrogens (tertiary/aromatic N) is 1. The van der Waals surface area contributed by atoms with Crippen molar-refractivity contribution in [1.29, 1.82) is 0 Å². The molecule has 2 aromatic rings. The molecule has 0 unspecified atom stereocenters. The second-order valence-electron chi connectivity index (χ2n) is 5.89. The molecular weight excluding hydrogens is 387 g/mol. The van der Waals surface area contributed by atoms with Gasteiger partial charge in [0.1, 0.15) is 23.9 Å². The Morgan fingerprint density at radius 3 is 2.31 bits per heavy atom. The maximum absolute atomic E-state index is 12.4. The molecule has 0 saturated heterocycles. The summed E-state index contributed by atoms with van der Waals surface area (Å²) in [5.41, 5.74) is 0.592. The van der Waals surface area contributed by atoms with Crippen LogP contribution in [0.5, 0.6) is 17.2 Å². The minimum Gasteiger partial charge on any atom is -0.497 e. The van der Waals surface area contributed by atoms with E-state index >= 15 is 0 Å². The molecule has 2 rings (SSSR count). The van der Waals surface area contributed by atoms with E-state index < -0.39 is 12.8 Å². The first-order chi connectivity index (χ1) is 13.9. The molecule has 158 valence electrons. The molecule has 0 heterocycles. The maximum atomic E-state index is 12.4. The van der Waals surface area contributed by atoms with Crippen LogP contribution in [0.3, 0.4) is 0 Å². The van der Waals surface area contributed by atoms with Gasteiger partial charge in [0.15, 0.2) is 12.6 Å². The van der Waals surface area contributed by atoms with Crippen molar-refractivity contribution in [2.45, 2.75) is 12.7 Å². The number of benzene rings is 2. The largest absolute Gasteiger partial charge is 0.497 e. The summed E-state index contributed by atoms with van der Waals surface area (Å²) in [6.45, 7) is -0.192. The Labute approximate surface area is 167 Å². The smallest absolute Gasteiger partial charge is 0.422 e. The van der Waals surface area contributed by atoms with E-state index in [0.29, 0.717) is 30.4 Å². The van der Waals surface area contributed by atoms with Crippen molar-refractivity contribution in [2.75, 3.05) is 33.9 Å². The topological polar surface area (TPSA) is 64.1 Å². The molecule has 2 aromatic carbocycles. The van der Waals surface area contributed by atoms with E-state index in [-0.39, 0.29) is 12.3 Å². The van der Waals surface area contributed by atoms with E-state index in [1.165, 1.54) is 6.07 Å². The van der Waals surface area contributed by atoms with Crippen LogP contribution in [0.15, 0.2) is 53.5 Å². The van der Waals surface area contributed by atoms with Crippen LogP contribution in [0.4, 0.5) is 13.2 Å². The van der Waals surface area contributed by atoms with Crippen LogP contribution in [-0.4, -0.2) is 46.1 Å². The number of hydrogen-bond donors (Lipinski definition) is 2. The second-order valence-corrected chi connectivity index (χ2v) is 5.89. The summed E-state index contributed by atoms with van der Waals surface area (Å²) in [6, 6.07) is 13.8.